The lowest BCUT2D eigenvalue weighted by molar-refractivity contribution is -0.116. The molecule has 2 rings (SSSR count). The molecule has 0 radical (unpaired) electrons. The number of halogens is 1. The Kier molecular flexibility index (Phi) is 4.43. The molecule has 0 aromatic heterocycles. The highest BCUT2D eigenvalue weighted by molar-refractivity contribution is 7.47. The second-order valence-corrected chi connectivity index (χ2v) is 5.64. The van der Waals surface area contributed by atoms with Crippen molar-refractivity contribution in [3.8, 4) is 5.75 Å². The molecule has 1 saturated heterocycles. The van der Waals surface area contributed by atoms with Crippen molar-refractivity contribution in [2.75, 3.05) is 0 Å². The van der Waals surface area contributed by atoms with Crippen LogP contribution in [0.1, 0.15) is 6.92 Å². The minimum absolute atomic E-state index is 0.211. The predicted molar refractivity (Wildman–Crippen MR) is 64.3 cm³/mol. The molecule has 1 fully saturated rings. The van der Waals surface area contributed by atoms with Crippen LogP contribution < -0.4 is 4.52 Å². The molecule has 5 atom stereocenters. The molecule has 0 saturated carbocycles. The maximum Gasteiger partial charge on any atom is 0.529 e. The van der Waals surface area contributed by atoms with E-state index in [-0.39, 0.29) is 5.75 Å². The molecule has 9 heteroatoms. The maximum atomic E-state index is 12.9. The number of phosphoric acid groups is 1. The number of hydrogen-bond donors (Lipinski definition) is 3. The number of phosphoric ester groups is 1. The quantitative estimate of drug-likeness (QED) is 0.706. The first-order chi connectivity index (χ1) is 9.28. The molecule has 1 aromatic carbocycles. The number of benzene rings is 1. The van der Waals surface area contributed by atoms with E-state index in [0.717, 1.165) is 12.1 Å². The first-order valence-electron chi connectivity index (χ1n) is 5.76. The first kappa shape index (κ1) is 15.4. The first-order valence-corrected chi connectivity index (χ1v) is 7.26. The zero-order valence-electron chi connectivity index (χ0n) is 10.4. The van der Waals surface area contributed by atoms with E-state index in [9.17, 15) is 24.1 Å². The highest BCUT2D eigenvalue weighted by Gasteiger charge is 2.45. The average molecular weight is 308 g/mol. The molecule has 7 nitrogen and oxygen atoms in total. The van der Waals surface area contributed by atoms with Crippen molar-refractivity contribution >= 4 is 7.82 Å². The molecule has 0 spiro atoms. The van der Waals surface area contributed by atoms with Gasteiger partial charge < -0.3 is 19.5 Å². The molecule has 0 aliphatic carbocycles. The number of rotatable bonds is 4. The van der Waals surface area contributed by atoms with Crippen LogP contribution in [0, 0.1) is 5.82 Å². The largest absolute Gasteiger partial charge is 0.529 e. The summed E-state index contributed by atoms with van der Waals surface area (Å²) in [6, 6.07) is 4.59. The van der Waals surface area contributed by atoms with Crippen molar-refractivity contribution in [1.29, 1.82) is 0 Å². The minimum Gasteiger partial charge on any atom is -0.404 e. The maximum absolute atomic E-state index is 12.9. The summed E-state index contributed by atoms with van der Waals surface area (Å²) in [6.45, 7) is 1.47. The van der Waals surface area contributed by atoms with Crippen LogP contribution in [0.4, 0.5) is 4.39 Å². The summed E-state index contributed by atoms with van der Waals surface area (Å²) in [6.07, 6.45) is -5.00. The Labute approximate surface area is 114 Å². The van der Waals surface area contributed by atoms with Gasteiger partial charge in [-0.05, 0) is 19.1 Å². The zero-order chi connectivity index (χ0) is 14.9. The third-order valence-electron chi connectivity index (χ3n) is 2.71. The fraction of sp³-hybridized carbons (Fsp3) is 0.455. The van der Waals surface area contributed by atoms with E-state index in [4.69, 9.17) is 4.74 Å². The van der Waals surface area contributed by atoms with Crippen molar-refractivity contribution in [2.24, 2.45) is 0 Å². The Balaban J connectivity index is 2.03. The van der Waals surface area contributed by atoms with Crippen LogP contribution in [-0.4, -0.2) is 39.7 Å². The number of hydrogen-bond acceptors (Lipinski definition) is 6. The molecule has 1 heterocycles. The van der Waals surface area contributed by atoms with Crippen LogP contribution in [0.5, 0.6) is 5.75 Å². The minimum atomic E-state index is -4.64. The fourth-order valence-electron chi connectivity index (χ4n) is 1.71. The van der Waals surface area contributed by atoms with Gasteiger partial charge in [-0.25, -0.2) is 13.5 Å². The van der Waals surface area contributed by atoms with Crippen molar-refractivity contribution < 1.29 is 37.8 Å². The SMILES string of the molecule is C[C@H]1O[C@H](OP(=O)(O)Oc2cccc(F)c2)C(O)C1O. The van der Waals surface area contributed by atoms with Gasteiger partial charge in [0, 0.05) is 6.07 Å². The predicted octanol–water partition coefficient (Wildman–Crippen LogP) is 0.788. The molecule has 3 N–H and O–H groups in total. The van der Waals surface area contributed by atoms with Gasteiger partial charge >= 0.3 is 7.82 Å². The summed E-state index contributed by atoms with van der Waals surface area (Å²) in [4.78, 5) is 9.53. The van der Waals surface area contributed by atoms with Crippen molar-refractivity contribution in [3.63, 3.8) is 0 Å². The summed E-state index contributed by atoms with van der Waals surface area (Å²) in [5.74, 6) is -0.861. The molecular weight excluding hydrogens is 294 g/mol. The van der Waals surface area contributed by atoms with Gasteiger partial charge in [0.15, 0.2) is 6.29 Å². The lowest BCUT2D eigenvalue weighted by atomic mass is 10.2. The van der Waals surface area contributed by atoms with Crippen LogP contribution in [-0.2, 0) is 13.8 Å². The second kappa shape index (κ2) is 5.77. The molecule has 1 aliphatic rings. The second-order valence-electron chi connectivity index (χ2n) is 4.31. The smallest absolute Gasteiger partial charge is 0.404 e. The van der Waals surface area contributed by atoms with Crippen LogP contribution in [0.25, 0.3) is 0 Å². The van der Waals surface area contributed by atoms with E-state index in [0.29, 0.717) is 0 Å². The van der Waals surface area contributed by atoms with E-state index in [1.54, 1.807) is 0 Å². The monoisotopic (exact) mass is 308 g/mol. The Morgan fingerprint density at radius 1 is 1.35 bits per heavy atom. The third kappa shape index (κ3) is 3.54. The normalized spacial score (nSPS) is 32.9. The molecule has 112 valence electrons. The van der Waals surface area contributed by atoms with Gasteiger partial charge in [0.05, 0.1) is 6.10 Å². The van der Waals surface area contributed by atoms with Gasteiger partial charge in [0.1, 0.15) is 23.8 Å². The molecular formula is C11H14FO7P. The van der Waals surface area contributed by atoms with Gasteiger partial charge in [-0.2, -0.15) is 0 Å². The molecule has 1 aromatic rings. The number of aliphatic hydroxyl groups excluding tert-OH is 2. The zero-order valence-corrected chi connectivity index (χ0v) is 11.3. The Morgan fingerprint density at radius 3 is 2.60 bits per heavy atom. The van der Waals surface area contributed by atoms with E-state index in [1.165, 1.54) is 19.1 Å². The van der Waals surface area contributed by atoms with Crippen LogP contribution >= 0.6 is 7.82 Å². The topological polar surface area (TPSA) is 105 Å². The lowest BCUT2D eigenvalue weighted by Crippen LogP contribution is -2.32. The van der Waals surface area contributed by atoms with E-state index < -0.39 is 38.2 Å². The van der Waals surface area contributed by atoms with Gasteiger partial charge in [-0.3, -0.25) is 4.89 Å². The Hall–Kier alpha value is -1.02. The average Bonchev–Trinajstić information content (AvgIpc) is 2.56. The third-order valence-corrected chi connectivity index (χ3v) is 3.63. The molecule has 0 amide bonds. The fourth-order valence-corrected chi connectivity index (χ4v) is 2.57. The van der Waals surface area contributed by atoms with Crippen LogP contribution in [0.2, 0.25) is 0 Å². The van der Waals surface area contributed by atoms with Gasteiger partial charge in [0.25, 0.3) is 0 Å². The van der Waals surface area contributed by atoms with Crippen molar-refractivity contribution in [2.45, 2.75) is 31.5 Å². The van der Waals surface area contributed by atoms with Crippen LogP contribution in [0.3, 0.4) is 0 Å². The van der Waals surface area contributed by atoms with E-state index in [2.05, 4.69) is 9.05 Å². The van der Waals surface area contributed by atoms with Gasteiger partial charge in [0.2, 0.25) is 0 Å². The molecule has 3 unspecified atom stereocenters. The highest BCUT2D eigenvalue weighted by atomic mass is 31.2. The Bertz CT molecular complexity index is 525. The highest BCUT2D eigenvalue weighted by Crippen LogP contribution is 2.47. The summed E-state index contributed by atoms with van der Waals surface area (Å²) in [5.41, 5.74) is 0. The van der Waals surface area contributed by atoms with Gasteiger partial charge in [-0.15, -0.1) is 0 Å². The van der Waals surface area contributed by atoms with Crippen molar-refractivity contribution in [1.82, 2.24) is 0 Å². The van der Waals surface area contributed by atoms with E-state index >= 15 is 0 Å². The van der Waals surface area contributed by atoms with Crippen LogP contribution in [0.15, 0.2) is 24.3 Å². The standard InChI is InChI=1S/C11H14FO7P/c1-6-9(13)10(14)11(17-6)19-20(15,16)18-8-4-2-3-7(12)5-8/h2-6,9-11,13-14H,1H3,(H,15,16)/t6-,9?,10?,11-/m1/s1. The number of aliphatic hydroxyl groups is 2. The van der Waals surface area contributed by atoms with E-state index in [1.807, 2.05) is 0 Å². The summed E-state index contributed by atoms with van der Waals surface area (Å²) in [7, 11) is -4.64. The molecule has 20 heavy (non-hydrogen) atoms. The molecule has 1 aliphatic heterocycles. The summed E-state index contributed by atoms with van der Waals surface area (Å²) >= 11 is 0. The number of ether oxygens (including phenoxy) is 1. The molecule has 0 bridgehead atoms. The Morgan fingerprint density at radius 2 is 2.05 bits per heavy atom. The summed E-state index contributed by atoms with van der Waals surface area (Å²) in [5, 5.41) is 19.0. The summed E-state index contributed by atoms with van der Waals surface area (Å²) < 4.78 is 38.9. The lowest BCUT2D eigenvalue weighted by Gasteiger charge is -2.19. The van der Waals surface area contributed by atoms with Gasteiger partial charge in [-0.1, -0.05) is 6.07 Å². The van der Waals surface area contributed by atoms with Crippen molar-refractivity contribution in [3.05, 3.63) is 30.1 Å².